The highest BCUT2D eigenvalue weighted by Gasteiger charge is 2.28. The monoisotopic (exact) mass is 330 g/mol. The summed E-state index contributed by atoms with van der Waals surface area (Å²) in [4.78, 5) is 26.8. The summed E-state index contributed by atoms with van der Waals surface area (Å²) in [6, 6.07) is 6.48. The second-order valence-corrected chi connectivity index (χ2v) is 6.95. The molecule has 1 fully saturated rings. The number of carbonyl (C=O) groups excluding carboxylic acids is 1. The number of amides is 1. The summed E-state index contributed by atoms with van der Waals surface area (Å²) < 4.78 is 0. The van der Waals surface area contributed by atoms with Gasteiger partial charge in [-0.3, -0.25) is 14.9 Å². The fraction of sp³-hybridized carbons (Fsp3) is 0.529. The summed E-state index contributed by atoms with van der Waals surface area (Å²) >= 11 is 0. The average molecular weight is 330 g/mol. The average Bonchev–Trinajstić information content (AvgIpc) is 2.78. The molecule has 1 amide bonds. The van der Waals surface area contributed by atoms with Gasteiger partial charge in [-0.1, -0.05) is 20.8 Å². The lowest BCUT2D eigenvalue weighted by Gasteiger charge is -2.28. The molecule has 2 rings (SSSR count). The Kier molecular flexibility index (Phi) is 5.07. The highest BCUT2D eigenvalue weighted by Crippen LogP contribution is 2.26. The Balaban J connectivity index is 2.16. The van der Waals surface area contributed by atoms with Crippen LogP contribution in [0.2, 0.25) is 0 Å². The minimum atomic E-state index is -0.547. The van der Waals surface area contributed by atoms with Gasteiger partial charge in [-0.2, -0.15) is 5.26 Å². The molecule has 1 saturated heterocycles. The van der Waals surface area contributed by atoms with Gasteiger partial charge in [0, 0.05) is 43.3 Å². The molecule has 7 heteroatoms. The van der Waals surface area contributed by atoms with Crippen molar-refractivity contribution in [3.63, 3.8) is 0 Å². The van der Waals surface area contributed by atoms with E-state index >= 15 is 0 Å². The Bertz CT molecular complexity index is 688. The Labute approximate surface area is 141 Å². The largest absolute Gasteiger partial charge is 0.370 e. The number of hydrogen-bond acceptors (Lipinski definition) is 5. The number of carbonyl (C=O) groups is 1. The highest BCUT2D eigenvalue weighted by molar-refractivity contribution is 5.81. The predicted octanol–water partition coefficient (Wildman–Crippen LogP) is 2.55. The zero-order valence-corrected chi connectivity index (χ0v) is 14.3. The number of nitrogens with zero attached hydrogens (tertiary/aromatic N) is 4. The van der Waals surface area contributed by atoms with Crippen molar-refractivity contribution in [1.29, 1.82) is 5.26 Å². The minimum absolute atomic E-state index is 0.0596. The van der Waals surface area contributed by atoms with E-state index in [1.54, 1.807) is 12.1 Å². The standard InChI is InChI=1S/C17H22N4O3/c1-17(2,3)16(22)20-8-4-7-19(9-10-20)14-5-6-15(21(23)24)13(11-14)12-18/h5-6,11H,4,7-10H2,1-3H3. The molecule has 1 heterocycles. The van der Waals surface area contributed by atoms with E-state index in [1.165, 1.54) is 6.07 Å². The maximum Gasteiger partial charge on any atom is 0.287 e. The maximum absolute atomic E-state index is 12.4. The van der Waals surface area contributed by atoms with Crippen LogP contribution in [0.3, 0.4) is 0 Å². The van der Waals surface area contributed by atoms with Crippen molar-refractivity contribution in [2.24, 2.45) is 5.41 Å². The number of nitro benzene ring substituents is 1. The van der Waals surface area contributed by atoms with Gasteiger partial charge in [0.2, 0.25) is 5.91 Å². The molecular weight excluding hydrogens is 308 g/mol. The van der Waals surface area contributed by atoms with Gasteiger partial charge in [0.05, 0.1) is 4.92 Å². The number of anilines is 1. The topological polar surface area (TPSA) is 90.5 Å². The zero-order valence-electron chi connectivity index (χ0n) is 14.3. The SMILES string of the molecule is CC(C)(C)C(=O)N1CCCN(c2ccc([N+](=O)[O-])c(C#N)c2)CC1. The quantitative estimate of drug-likeness (QED) is 0.614. The van der Waals surface area contributed by atoms with Gasteiger partial charge in [0.25, 0.3) is 5.69 Å². The summed E-state index contributed by atoms with van der Waals surface area (Å²) in [7, 11) is 0. The summed E-state index contributed by atoms with van der Waals surface area (Å²) in [5.74, 6) is 0.130. The van der Waals surface area contributed by atoms with E-state index in [4.69, 9.17) is 5.26 Å². The second kappa shape index (κ2) is 6.87. The Morgan fingerprint density at radius 2 is 1.96 bits per heavy atom. The van der Waals surface area contributed by atoms with Crippen LogP contribution in [0.25, 0.3) is 0 Å². The van der Waals surface area contributed by atoms with Crippen LogP contribution < -0.4 is 4.90 Å². The fourth-order valence-electron chi connectivity index (χ4n) is 2.82. The van der Waals surface area contributed by atoms with Crippen molar-refractivity contribution >= 4 is 17.3 Å². The molecule has 0 bridgehead atoms. The van der Waals surface area contributed by atoms with Crippen LogP contribution in [0, 0.1) is 26.9 Å². The van der Waals surface area contributed by atoms with Gasteiger partial charge < -0.3 is 9.80 Å². The first-order valence-corrected chi connectivity index (χ1v) is 7.97. The van der Waals surface area contributed by atoms with Crippen LogP contribution in [0.1, 0.15) is 32.8 Å². The molecule has 0 atom stereocenters. The molecule has 0 spiro atoms. The summed E-state index contributed by atoms with van der Waals surface area (Å²) in [5, 5.41) is 20.1. The van der Waals surface area contributed by atoms with Crippen LogP contribution in [0.5, 0.6) is 0 Å². The number of hydrogen-bond donors (Lipinski definition) is 0. The normalized spacial score (nSPS) is 15.6. The lowest BCUT2D eigenvalue weighted by atomic mass is 9.94. The number of rotatable bonds is 2. The summed E-state index contributed by atoms with van der Waals surface area (Å²) in [5.41, 5.74) is 0.253. The van der Waals surface area contributed by atoms with E-state index in [-0.39, 0.29) is 17.2 Å². The van der Waals surface area contributed by atoms with E-state index in [1.807, 2.05) is 31.7 Å². The van der Waals surface area contributed by atoms with Gasteiger partial charge in [0.15, 0.2) is 0 Å². The lowest BCUT2D eigenvalue weighted by molar-refractivity contribution is -0.385. The molecule has 1 aromatic carbocycles. The molecule has 1 aliphatic heterocycles. The molecule has 24 heavy (non-hydrogen) atoms. The van der Waals surface area contributed by atoms with Crippen molar-refractivity contribution in [2.45, 2.75) is 27.2 Å². The molecule has 128 valence electrons. The maximum atomic E-state index is 12.4. The van der Waals surface area contributed by atoms with E-state index in [0.717, 1.165) is 18.7 Å². The number of nitriles is 1. The predicted molar refractivity (Wildman–Crippen MR) is 90.7 cm³/mol. The van der Waals surface area contributed by atoms with Gasteiger partial charge in [-0.05, 0) is 18.6 Å². The molecule has 7 nitrogen and oxygen atoms in total. The van der Waals surface area contributed by atoms with Crippen LogP contribution in [0.4, 0.5) is 11.4 Å². The van der Waals surface area contributed by atoms with Gasteiger partial charge in [-0.15, -0.1) is 0 Å². The van der Waals surface area contributed by atoms with Crippen LogP contribution in [0.15, 0.2) is 18.2 Å². The third-order valence-electron chi connectivity index (χ3n) is 4.09. The van der Waals surface area contributed by atoms with E-state index < -0.39 is 10.3 Å². The van der Waals surface area contributed by atoms with Crippen molar-refractivity contribution in [1.82, 2.24) is 4.90 Å². The van der Waals surface area contributed by atoms with Gasteiger partial charge in [0.1, 0.15) is 11.6 Å². The first-order valence-electron chi connectivity index (χ1n) is 7.97. The Morgan fingerprint density at radius 3 is 2.54 bits per heavy atom. The van der Waals surface area contributed by atoms with Gasteiger partial charge in [-0.25, -0.2) is 0 Å². The molecule has 0 N–H and O–H groups in total. The van der Waals surface area contributed by atoms with E-state index in [9.17, 15) is 14.9 Å². The Hall–Kier alpha value is -2.62. The minimum Gasteiger partial charge on any atom is -0.370 e. The smallest absolute Gasteiger partial charge is 0.287 e. The van der Waals surface area contributed by atoms with Gasteiger partial charge >= 0.3 is 0 Å². The molecule has 0 unspecified atom stereocenters. The van der Waals surface area contributed by atoms with Crippen molar-refractivity contribution in [3.8, 4) is 6.07 Å². The van der Waals surface area contributed by atoms with Crippen molar-refractivity contribution in [2.75, 3.05) is 31.1 Å². The highest BCUT2D eigenvalue weighted by atomic mass is 16.6. The molecule has 1 aromatic rings. The summed E-state index contributed by atoms with van der Waals surface area (Å²) in [6.07, 6.45) is 0.820. The molecule has 0 aromatic heterocycles. The first-order chi connectivity index (χ1) is 11.2. The van der Waals surface area contributed by atoms with E-state index in [0.29, 0.717) is 19.6 Å². The van der Waals surface area contributed by atoms with Crippen LogP contribution in [-0.2, 0) is 4.79 Å². The molecular formula is C17H22N4O3. The van der Waals surface area contributed by atoms with E-state index in [2.05, 4.69) is 4.90 Å². The molecule has 0 radical (unpaired) electrons. The first kappa shape index (κ1) is 17.7. The van der Waals surface area contributed by atoms with Crippen LogP contribution in [-0.4, -0.2) is 41.9 Å². The fourth-order valence-corrected chi connectivity index (χ4v) is 2.82. The molecule has 0 aliphatic carbocycles. The molecule has 0 saturated carbocycles. The molecule has 1 aliphatic rings. The summed E-state index contributed by atoms with van der Waals surface area (Å²) in [6.45, 7) is 8.43. The Morgan fingerprint density at radius 1 is 1.25 bits per heavy atom. The second-order valence-electron chi connectivity index (χ2n) is 6.95. The lowest BCUT2D eigenvalue weighted by Crippen LogP contribution is -2.41. The van der Waals surface area contributed by atoms with Crippen molar-refractivity contribution in [3.05, 3.63) is 33.9 Å². The number of benzene rings is 1. The van der Waals surface area contributed by atoms with Crippen molar-refractivity contribution < 1.29 is 9.72 Å². The third kappa shape index (κ3) is 3.82. The zero-order chi connectivity index (χ0) is 17.9. The third-order valence-corrected chi connectivity index (χ3v) is 4.09. The van der Waals surface area contributed by atoms with Crippen LogP contribution >= 0.6 is 0 Å². The number of nitro groups is 1.